The molecule has 0 unspecified atom stereocenters. The zero-order valence-corrected chi connectivity index (χ0v) is 21.9. The molecular formula is C30H34N4O3. The third-order valence-corrected chi connectivity index (χ3v) is 6.00. The lowest BCUT2D eigenvalue weighted by atomic mass is 10.1. The lowest BCUT2D eigenvalue weighted by Gasteiger charge is -2.15. The molecule has 1 amide bonds. The van der Waals surface area contributed by atoms with Crippen molar-refractivity contribution in [3.8, 4) is 11.5 Å². The van der Waals surface area contributed by atoms with Crippen molar-refractivity contribution >= 4 is 28.5 Å². The van der Waals surface area contributed by atoms with Crippen molar-refractivity contribution in [2.75, 3.05) is 25.1 Å². The van der Waals surface area contributed by atoms with Gasteiger partial charge in [-0.2, -0.15) is 0 Å². The zero-order valence-electron chi connectivity index (χ0n) is 21.9. The molecule has 3 aromatic carbocycles. The summed E-state index contributed by atoms with van der Waals surface area (Å²) < 4.78 is 11.3. The number of fused-ring (bicyclic) bond motifs is 1. The van der Waals surface area contributed by atoms with E-state index in [4.69, 9.17) is 14.5 Å². The quantitative estimate of drug-likeness (QED) is 0.194. The first kappa shape index (κ1) is 25.8. The topological polar surface area (TPSA) is 87.7 Å². The highest BCUT2D eigenvalue weighted by atomic mass is 16.5. The van der Waals surface area contributed by atoms with Crippen molar-refractivity contribution in [3.63, 3.8) is 0 Å². The summed E-state index contributed by atoms with van der Waals surface area (Å²) >= 11 is 0. The van der Waals surface area contributed by atoms with Gasteiger partial charge in [0.05, 0.1) is 13.2 Å². The molecule has 0 atom stereocenters. The number of anilines is 1. The van der Waals surface area contributed by atoms with Crippen LogP contribution in [0.2, 0.25) is 0 Å². The van der Waals surface area contributed by atoms with Gasteiger partial charge in [-0.15, -0.1) is 0 Å². The molecule has 0 aliphatic carbocycles. The number of carbonyl (C=O) groups excluding carboxylic acids is 1. The molecule has 0 fully saturated rings. The van der Waals surface area contributed by atoms with Crippen LogP contribution in [0.1, 0.15) is 40.9 Å². The molecule has 3 N–H and O–H groups in total. The maximum absolute atomic E-state index is 13.2. The van der Waals surface area contributed by atoms with Crippen molar-refractivity contribution in [1.82, 2.24) is 10.3 Å². The van der Waals surface area contributed by atoms with Gasteiger partial charge in [0.1, 0.15) is 0 Å². The third-order valence-electron chi connectivity index (χ3n) is 6.00. The highest BCUT2D eigenvalue weighted by Gasteiger charge is 2.14. The van der Waals surface area contributed by atoms with Crippen LogP contribution in [-0.2, 0) is 6.42 Å². The molecule has 1 aromatic heterocycles. The largest absolute Gasteiger partial charge is 0.490 e. The molecule has 4 rings (SSSR count). The van der Waals surface area contributed by atoms with E-state index in [-0.39, 0.29) is 5.91 Å². The minimum atomic E-state index is -0.285. The summed E-state index contributed by atoms with van der Waals surface area (Å²) in [5, 5.41) is 7.46. The minimum Gasteiger partial charge on any atom is -0.490 e. The number of aliphatic imine (C=N–C) groups is 1. The molecule has 0 saturated heterocycles. The molecule has 0 radical (unpaired) electrons. The summed E-state index contributed by atoms with van der Waals surface area (Å²) in [6.07, 6.45) is 2.75. The van der Waals surface area contributed by atoms with E-state index in [9.17, 15) is 4.79 Å². The molecule has 0 aliphatic heterocycles. The van der Waals surface area contributed by atoms with Crippen LogP contribution in [0.5, 0.6) is 11.5 Å². The van der Waals surface area contributed by atoms with Crippen LogP contribution in [0.3, 0.4) is 0 Å². The van der Waals surface area contributed by atoms with Crippen LogP contribution >= 0.6 is 0 Å². The van der Waals surface area contributed by atoms with Crippen molar-refractivity contribution in [3.05, 3.63) is 89.1 Å². The van der Waals surface area contributed by atoms with E-state index < -0.39 is 0 Å². The average molecular weight is 499 g/mol. The van der Waals surface area contributed by atoms with Gasteiger partial charge < -0.3 is 19.8 Å². The molecule has 4 aromatic rings. The first-order valence-electron chi connectivity index (χ1n) is 12.6. The van der Waals surface area contributed by atoms with E-state index in [2.05, 4.69) is 40.7 Å². The Bertz CT molecular complexity index is 1410. The lowest BCUT2D eigenvalue weighted by molar-refractivity contribution is 0.0976. The first-order valence-corrected chi connectivity index (χ1v) is 12.6. The number of benzene rings is 3. The number of aromatic nitrogens is 1. The molecule has 7 heteroatoms. The summed E-state index contributed by atoms with van der Waals surface area (Å²) in [4.78, 5) is 21.3. The van der Waals surface area contributed by atoms with Gasteiger partial charge in [0.2, 0.25) is 5.96 Å². The number of hydrogen-bond acceptors (Lipinski definition) is 4. The number of aryl methyl sites for hydroxylation is 2. The highest BCUT2D eigenvalue weighted by Crippen LogP contribution is 2.28. The standard InChI is InChI=1S/C30H34N4O3/c1-5-36-27-14-12-22(18-28(27)37-6-2)29(35)34-30(33-25-13-11-20(3)17-21(25)4)31-16-15-23-19-32-26-10-8-7-9-24(23)26/h7-14,17-19,32H,5-6,15-16H2,1-4H3,(H2,31,33,34,35). The summed E-state index contributed by atoms with van der Waals surface area (Å²) in [5.74, 6) is 1.26. The van der Waals surface area contributed by atoms with Crippen LogP contribution < -0.4 is 20.1 Å². The van der Waals surface area contributed by atoms with E-state index in [0.29, 0.717) is 42.8 Å². The summed E-state index contributed by atoms with van der Waals surface area (Å²) in [7, 11) is 0. The number of nitrogens with one attached hydrogen (secondary N) is 3. The van der Waals surface area contributed by atoms with Gasteiger partial charge in [-0.3, -0.25) is 15.1 Å². The molecule has 192 valence electrons. The normalized spacial score (nSPS) is 11.4. The molecule has 0 spiro atoms. The molecule has 0 aliphatic rings. The van der Waals surface area contributed by atoms with Gasteiger partial charge in [-0.05, 0) is 75.6 Å². The number of guanidine groups is 1. The Morgan fingerprint density at radius 2 is 1.73 bits per heavy atom. The second kappa shape index (κ2) is 12.1. The smallest absolute Gasteiger partial charge is 0.258 e. The number of ether oxygens (including phenoxy) is 2. The Hall–Kier alpha value is -4.26. The highest BCUT2D eigenvalue weighted by molar-refractivity contribution is 6.10. The number of rotatable bonds is 9. The minimum absolute atomic E-state index is 0.285. The second-order valence-electron chi connectivity index (χ2n) is 8.76. The molecule has 37 heavy (non-hydrogen) atoms. The van der Waals surface area contributed by atoms with Gasteiger partial charge >= 0.3 is 0 Å². The van der Waals surface area contributed by atoms with Crippen molar-refractivity contribution in [2.24, 2.45) is 4.99 Å². The van der Waals surface area contributed by atoms with Crippen molar-refractivity contribution in [2.45, 2.75) is 34.1 Å². The Kier molecular flexibility index (Phi) is 8.46. The number of H-pyrrole nitrogens is 1. The average Bonchev–Trinajstić information content (AvgIpc) is 3.30. The van der Waals surface area contributed by atoms with Gasteiger partial charge in [0.25, 0.3) is 5.91 Å². The Balaban J connectivity index is 1.56. The maximum Gasteiger partial charge on any atom is 0.258 e. The van der Waals surface area contributed by atoms with Gasteiger partial charge in [-0.1, -0.05) is 35.9 Å². The summed E-state index contributed by atoms with van der Waals surface area (Å²) in [6, 6.07) is 19.5. The van der Waals surface area contributed by atoms with Crippen LogP contribution in [0.4, 0.5) is 5.69 Å². The van der Waals surface area contributed by atoms with Crippen LogP contribution in [0.25, 0.3) is 10.9 Å². The van der Waals surface area contributed by atoms with E-state index in [1.165, 1.54) is 16.5 Å². The number of carbonyl (C=O) groups is 1. The SMILES string of the molecule is CCOc1ccc(C(=O)NC(=NCCc2c[nH]c3ccccc23)Nc2ccc(C)cc2C)cc1OCC. The maximum atomic E-state index is 13.2. The van der Waals surface area contributed by atoms with Gasteiger partial charge in [-0.25, -0.2) is 0 Å². The fraction of sp³-hybridized carbons (Fsp3) is 0.267. The number of amides is 1. The summed E-state index contributed by atoms with van der Waals surface area (Å²) in [6.45, 7) is 9.38. The van der Waals surface area contributed by atoms with Crippen LogP contribution in [0.15, 0.2) is 71.9 Å². The van der Waals surface area contributed by atoms with Gasteiger partial charge in [0.15, 0.2) is 11.5 Å². The number of aromatic amines is 1. The number of hydrogen-bond donors (Lipinski definition) is 3. The first-order chi connectivity index (χ1) is 18.0. The van der Waals surface area contributed by atoms with E-state index in [0.717, 1.165) is 23.2 Å². The number of para-hydroxylation sites is 1. The Labute approximate surface area is 217 Å². The van der Waals surface area contributed by atoms with E-state index in [1.807, 2.05) is 51.2 Å². The molecule has 7 nitrogen and oxygen atoms in total. The lowest BCUT2D eigenvalue weighted by Crippen LogP contribution is -2.36. The third kappa shape index (κ3) is 6.50. The molecular weight excluding hydrogens is 464 g/mol. The monoisotopic (exact) mass is 498 g/mol. The van der Waals surface area contributed by atoms with Crippen molar-refractivity contribution in [1.29, 1.82) is 0 Å². The molecule has 1 heterocycles. The van der Waals surface area contributed by atoms with E-state index in [1.54, 1.807) is 18.2 Å². The Morgan fingerprint density at radius 1 is 0.946 bits per heavy atom. The van der Waals surface area contributed by atoms with Gasteiger partial charge in [0, 0.05) is 34.9 Å². The zero-order chi connectivity index (χ0) is 26.2. The van der Waals surface area contributed by atoms with Crippen LogP contribution in [0, 0.1) is 13.8 Å². The predicted octanol–water partition coefficient (Wildman–Crippen LogP) is 6.02. The van der Waals surface area contributed by atoms with Crippen molar-refractivity contribution < 1.29 is 14.3 Å². The van der Waals surface area contributed by atoms with E-state index >= 15 is 0 Å². The molecule has 0 saturated carbocycles. The fourth-order valence-corrected chi connectivity index (χ4v) is 4.19. The summed E-state index contributed by atoms with van der Waals surface area (Å²) in [5.41, 5.74) is 5.87. The predicted molar refractivity (Wildman–Crippen MR) is 150 cm³/mol. The number of nitrogens with zero attached hydrogens (tertiary/aromatic N) is 1. The second-order valence-corrected chi connectivity index (χ2v) is 8.76. The fourth-order valence-electron chi connectivity index (χ4n) is 4.19. The molecule has 0 bridgehead atoms. The Morgan fingerprint density at radius 3 is 2.51 bits per heavy atom. The van der Waals surface area contributed by atoms with Crippen LogP contribution in [-0.4, -0.2) is 36.6 Å².